The first-order chi connectivity index (χ1) is 6.61. The molecule has 1 aromatic rings. The number of aryl methyl sites for hydroxylation is 1. The van der Waals surface area contributed by atoms with Crippen LogP contribution in [-0.2, 0) is 13.6 Å². The molecule has 0 saturated carbocycles. The van der Waals surface area contributed by atoms with Gasteiger partial charge < -0.3 is 10.2 Å². The molecule has 1 heterocycles. The fourth-order valence-electron chi connectivity index (χ4n) is 1.24. The third-order valence-electron chi connectivity index (χ3n) is 2.39. The van der Waals surface area contributed by atoms with Gasteiger partial charge in [-0.2, -0.15) is 5.10 Å². The van der Waals surface area contributed by atoms with Crippen molar-refractivity contribution < 1.29 is 0 Å². The van der Waals surface area contributed by atoms with Crippen molar-refractivity contribution in [1.82, 2.24) is 20.0 Å². The third kappa shape index (κ3) is 5.70. The molecule has 0 amide bonds. The van der Waals surface area contributed by atoms with E-state index < -0.39 is 0 Å². The van der Waals surface area contributed by atoms with Gasteiger partial charge in [0.05, 0.1) is 6.20 Å². The van der Waals surface area contributed by atoms with E-state index in [9.17, 15) is 0 Å². The summed E-state index contributed by atoms with van der Waals surface area (Å²) in [4.78, 5) is 2.17. The van der Waals surface area contributed by atoms with E-state index in [0.717, 1.165) is 19.6 Å². The van der Waals surface area contributed by atoms with Crippen LogP contribution in [0.4, 0.5) is 0 Å². The van der Waals surface area contributed by atoms with Crippen LogP contribution in [0.15, 0.2) is 6.20 Å². The van der Waals surface area contributed by atoms with Crippen LogP contribution in [0.25, 0.3) is 0 Å². The maximum Gasteiger partial charge on any atom is 0.0537 e. The molecule has 6 heteroatoms. The molecule has 0 fully saturated rings. The molecule has 0 aliphatic carbocycles. The summed E-state index contributed by atoms with van der Waals surface area (Å²) in [5.74, 6) is 0. The average Bonchev–Trinajstić information content (AvgIpc) is 2.43. The highest BCUT2D eigenvalue weighted by molar-refractivity contribution is 5.85. The van der Waals surface area contributed by atoms with Crippen LogP contribution in [-0.4, -0.2) is 41.9 Å². The van der Waals surface area contributed by atoms with Crippen LogP contribution in [0.1, 0.15) is 11.3 Å². The summed E-state index contributed by atoms with van der Waals surface area (Å²) in [7, 11) is 6.13. The maximum absolute atomic E-state index is 4.20. The van der Waals surface area contributed by atoms with Crippen LogP contribution < -0.4 is 5.32 Å². The van der Waals surface area contributed by atoms with Crippen LogP contribution in [0, 0.1) is 6.92 Å². The summed E-state index contributed by atoms with van der Waals surface area (Å²) in [5, 5.41) is 7.59. The Balaban J connectivity index is 0. The minimum atomic E-state index is 0. The van der Waals surface area contributed by atoms with Crippen molar-refractivity contribution in [3.05, 3.63) is 17.5 Å². The Morgan fingerprint density at radius 1 is 1.38 bits per heavy atom. The van der Waals surface area contributed by atoms with Crippen LogP contribution >= 0.6 is 24.8 Å². The molecule has 0 saturated heterocycles. The highest BCUT2D eigenvalue weighted by Gasteiger charge is 2.01. The van der Waals surface area contributed by atoms with E-state index >= 15 is 0 Å². The predicted octanol–water partition coefficient (Wildman–Crippen LogP) is 1.22. The van der Waals surface area contributed by atoms with Crippen molar-refractivity contribution in [2.45, 2.75) is 13.5 Å². The monoisotopic (exact) mass is 268 g/mol. The van der Waals surface area contributed by atoms with E-state index in [1.165, 1.54) is 11.3 Å². The zero-order valence-electron chi connectivity index (χ0n) is 10.4. The third-order valence-corrected chi connectivity index (χ3v) is 2.39. The van der Waals surface area contributed by atoms with Gasteiger partial charge in [0.15, 0.2) is 0 Å². The van der Waals surface area contributed by atoms with Crippen molar-refractivity contribution in [1.29, 1.82) is 0 Å². The first kappa shape index (κ1) is 18.1. The lowest BCUT2D eigenvalue weighted by atomic mass is 10.2. The standard InChI is InChI=1S/C10H20N4.2ClH/c1-9-10(8-12-14(9)4)7-11-5-6-13(2)3;;/h8,11H,5-7H2,1-4H3;2*1H. The van der Waals surface area contributed by atoms with Crippen LogP contribution in [0.3, 0.4) is 0 Å². The number of halogens is 2. The first-order valence-corrected chi connectivity index (χ1v) is 4.94. The fraction of sp³-hybridized carbons (Fsp3) is 0.700. The van der Waals surface area contributed by atoms with Crippen LogP contribution in [0.2, 0.25) is 0 Å². The summed E-state index contributed by atoms with van der Waals surface area (Å²) in [6.07, 6.45) is 1.93. The molecule has 0 aliphatic rings. The van der Waals surface area contributed by atoms with Crippen molar-refractivity contribution in [2.24, 2.45) is 7.05 Å². The lowest BCUT2D eigenvalue weighted by molar-refractivity contribution is 0.400. The van der Waals surface area contributed by atoms with Crippen molar-refractivity contribution in [2.75, 3.05) is 27.2 Å². The molecule has 0 radical (unpaired) electrons. The lowest BCUT2D eigenvalue weighted by Gasteiger charge is -2.09. The molecule has 0 aliphatic heterocycles. The van der Waals surface area contributed by atoms with E-state index in [4.69, 9.17) is 0 Å². The number of likely N-dealkylation sites (N-methyl/N-ethyl adjacent to an activating group) is 1. The molecule has 0 unspecified atom stereocenters. The Morgan fingerprint density at radius 3 is 2.44 bits per heavy atom. The minimum absolute atomic E-state index is 0. The topological polar surface area (TPSA) is 33.1 Å². The quantitative estimate of drug-likeness (QED) is 0.816. The number of nitrogens with zero attached hydrogens (tertiary/aromatic N) is 3. The van der Waals surface area contributed by atoms with Gasteiger partial charge >= 0.3 is 0 Å². The number of rotatable bonds is 5. The van der Waals surface area contributed by atoms with Gasteiger partial charge in [0.1, 0.15) is 0 Å². The number of hydrogen-bond acceptors (Lipinski definition) is 3. The van der Waals surface area contributed by atoms with Crippen molar-refractivity contribution in [3.63, 3.8) is 0 Å². The Labute approximate surface area is 110 Å². The number of hydrogen-bond donors (Lipinski definition) is 1. The van der Waals surface area contributed by atoms with Crippen molar-refractivity contribution in [3.8, 4) is 0 Å². The van der Waals surface area contributed by atoms with E-state index in [2.05, 4.69) is 36.3 Å². The Morgan fingerprint density at radius 2 is 2.00 bits per heavy atom. The molecule has 0 spiro atoms. The normalized spacial score (nSPS) is 9.81. The smallest absolute Gasteiger partial charge is 0.0537 e. The Bertz CT molecular complexity index is 286. The highest BCUT2D eigenvalue weighted by atomic mass is 35.5. The molecule has 16 heavy (non-hydrogen) atoms. The molecule has 1 aromatic heterocycles. The average molecular weight is 269 g/mol. The number of aromatic nitrogens is 2. The summed E-state index contributed by atoms with van der Waals surface area (Å²) < 4.78 is 1.91. The fourth-order valence-corrected chi connectivity index (χ4v) is 1.24. The van der Waals surface area contributed by atoms with E-state index in [-0.39, 0.29) is 24.8 Å². The summed E-state index contributed by atoms with van der Waals surface area (Å²) in [5.41, 5.74) is 2.52. The van der Waals surface area contributed by atoms with Gasteiger partial charge in [-0.3, -0.25) is 4.68 Å². The zero-order valence-corrected chi connectivity index (χ0v) is 12.0. The van der Waals surface area contributed by atoms with Gasteiger partial charge in [-0.1, -0.05) is 0 Å². The summed E-state index contributed by atoms with van der Waals surface area (Å²) >= 11 is 0. The molecule has 1 N–H and O–H groups in total. The van der Waals surface area contributed by atoms with Gasteiger partial charge in [-0.05, 0) is 21.0 Å². The molecule has 0 aromatic carbocycles. The second kappa shape index (κ2) is 8.82. The van der Waals surface area contributed by atoms with Gasteiger partial charge in [-0.25, -0.2) is 0 Å². The van der Waals surface area contributed by atoms with Gasteiger partial charge in [0.25, 0.3) is 0 Å². The van der Waals surface area contributed by atoms with E-state index in [0.29, 0.717) is 0 Å². The lowest BCUT2D eigenvalue weighted by Crippen LogP contribution is -2.26. The second-order valence-electron chi connectivity index (χ2n) is 3.86. The molecule has 0 bridgehead atoms. The zero-order chi connectivity index (χ0) is 10.6. The summed E-state index contributed by atoms with van der Waals surface area (Å²) in [6, 6.07) is 0. The first-order valence-electron chi connectivity index (χ1n) is 4.94. The molecule has 96 valence electrons. The predicted molar refractivity (Wildman–Crippen MR) is 72.7 cm³/mol. The largest absolute Gasteiger partial charge is 0.311 e. The van der Waals surface area contributed by atoms with E-state index in [1.54, 1.807) is 0 Å². The highest BCUT2D eigenvalue weighted by Crippen LogP contribution is 2.04. The van der Waals surface area contributed by atoms with Gasteiger partial charge in [-0.15, -0.1) is 24.8 Å². The van der Waals surface area contributed by atoms with E-state index in [1.807, 2.05) is 17.9 Å². The van der Waals surface area contributed by atoms with Crippen LogP contribution in [0.5, 0.6) is 0 Å². The Hall–Kier alpha value is -0.290. The van der Waals surface area contributed by atoms with Gasteiger partial charge in [0, 0.05) is 37.9 Å². The SMILES string of the molecule is Cc1c(CNCCN(C)C)cnn1C.Cl.Cl. The minimum Gasteiger partial charge on any atom is -0.311 e. The molecule has 0 atom stereocenters. The maximum atomic E-state index is 4.20. The molecular formula is C10H22Cl2N4. The molecule has 4 nitrogen and oxygen atoms in total. The summed E-state index contributed by atoms with van der Waals surface area (Å²) in [6.45, 7) is 5.09. The molecular weight excluding hydrogens is 247 g/mol. The molecule has 1 rings (SSSR count). The van der Waals surface area contributed by atoms with Gasteiger partial charge in [0.2, 0.25) is 0 Å². The second-order valence-corrected chi connectivity index (χ2v) is 3.86. The Kier molecular flexibility index (Phi) is 9.96. The van der Waals surface area contributed by atoms with Crippen molar-refractivity contribution >= 4 is 24.8 Å². The number of nitrogens with one attached hydrogen (secondary N) is 1.